The number of rotatable bonds is 4. The van der Waals surface area contributed by atoms with Gasteiger partial charge in [-0.2, -0.15) is 0 Å². The average Bonchev–Trinajstić information content (AvgIpc) is 2.85. The lowest BCUT2D eigenvalue weighted by Gasteiger charge is -2.03. The average molecular weight is 246 g/mol. The van der Waals surface area contributed by atoms with Gasteiger partial charge in [-0.3, -0.25) is 9.78 Å². The Balaban J connectivity index is 2.01. The molecule has 6 heteroatoms. The molecule has 0 atom stereocenters. The number of amides is 1. The molecule has 0 spiro atoms. The van der Waals surface area contributed by atoms with Crippen molar-refractivity contribution in [2.24, 2.45) is 5.92 Å². The first-order valence-corrected chi connectivity index (χ1v) is 5.68. The van der Waals surface area contributed by atoms with Crippen LogP contribution in [-0.4, -0.2) is 21.1 Å². The van der Waals surface area contributed by atoms with Crippen molar-refractivity contribution < 1.29 is 9.21 Å². The maximum Gasteiger partial charge on any atom is 0.266 e. The van der Waals surface area contributed by atoms with Gasteiger partial charge in [0, 0.05) is 12.1 Å². The van der Waals surface area contributed by atoms with Crippen molar-refractivity contribution in [2.75, 3.05) is 0 Å². The molecular weight excluding hydrogens is 232 g/mol. The van der Waals surface area contributed by atoms with E-state index in [2.05, 4.69) is 20.5 Å². The Morgan fingerprint density at radius 2 is 2.22 bits per heavy atom. The van der Waals surface area contributed by atoms with Crippen LogP contribution in [0.3, 0.4) is 0 Å². The smallest absolute Gasteiger partial charge is 0.266 e. The number of carbonyl (C=O) groups excluding carboxylic acids is 1. The summed E-state index contributed by atoms with van der Waals surface area (Å²) in [6.07, 6.45) is 1.65. The molecule has 1 N–H and O–H groups in total. The van der Waals surface area contributed by atoms with Gasteiger partial charge < -0.3 is 9.73 Å². The van der Waals surface area contributed by atoms with E-state index in [1.165, 1.54) is 0 Å². The molecule has 0 fully saturated rings. The van der Waals surface area contributed by atoms with Crippen molar-refractivity contribution in [3.63, 3.8) is 0 Å². The summed E-state index contributed by atoms with van der Waals surface area (Å²) in [5.41, 5.74) is 0.617. The highest BCUT2D eigenvalue weighted by Gasteiger charge is 2.11. The fraction of sp³-hybridized carbons (Fsp3) is 0.333. The van der Waals surface area contributed by atoms with Crippen molar-refractivity contribution in [3.05, 3.63) is 30.3 Å². The summed E-state index contributed by atoms with van der Waals surface area (Å²) in [6.45, 7) is 3.88. The minimum absolute atomic E-state index is 0.0485. The Morgan fingerprint density at radius 1 is 1.39 bits per heavy atom. The molecule has 0 unspecified atom stereocenters. The van der Waals surface area contributed by atoms with Gasteiger partial charge in [0.15, 0.2) is 0 Å². The quantitative estimate of drug-likeness (QED) is 0.882. The standard InChI is InChI=1S/C12H14N4O2/c1-8(2)11(17)14-7-10-15-16-12(18-10)9-5-3-4-6-13-9/h3-6,8H,7H2,1-2H3,(H,14,17). The first-order valence-electron chi connectivity index (χ1n) is 5.68. The molecule has 2 aromatic rings. The number of hydrogen-bond donors (Lipinski definition) is 1. The van der Waals surface area contributed by atoms with Gasteiger partial charge in [-0.25, -0.2) is 0 Å². The van der Waals surface area contributed by atoms with E-state index in [9.17, 15) is 4.79 Å². The third-order valence-corrected chi connectivity index (χ3v) is 2.29. The van der Waals surface area contributed by atoms with Gasteiger partial charge in [-0.15, -0.1) is 10.2 Å². The van der Waals surface area contributed by atoms with Crippen LogP contribution in [0.15, 0.2) is 28.8 Å². The van der Waals surface area contributed by atoms with Crippen LogP contribution in [0.2, 0.25) is 0 Å². The highest BCUT2D eigenvalue weighted by Crippen LogP contribution is 2.13. The highest BCUT2D eigenvalue weighted by molar-refractivity contribution is 5.77. The van der Waals surface area contributed by atoms with Gasteiger partial charge in [-0.05, 0) is 12.1 Å². The molecule has 1 amide bonds. The van der Waals surface area contributed by atoms with Gasteiger partial charge in [0.2, 0.25) is 11.8 Å². The summed E-state index contributed by atoms with van der Waals surface area (Å²) in [6, 6.07) is 5.43. The molecule has 0 bridgehead atoms. The van der Waals surface area contributed by atoms with Crippen molar-refractivity contribution in [3.8, 4) is 11.6 Å². The lowest BCUT2D eigenvalue weighted by atomic mass is 10.2. The number of nitrogens with one attached hydrogen (secondary N) is 1. The predicted molar refractivity (Wildman–Crippen MR) is 64.2 cm³/mol. The van der Waals surface area contributed by atoms with E-state index in [0.717, 1.165) is 0 Å². The van der Waals surface area contributed by atoms with Gasteiger partial charge in [0.05, 0.1) is 6.54 Å². The van der Waals surface area contributed by atoms with Gasteiger partial charge in [0.1, 0.15) is 5.69 Å². The zero-order valence-corrected chi connectivity index (χ0v) is 10.3. The van der Waals surface area contributed by atoms with Crippen LogP contribution < -0.4 is 5.32 Å². The fourth-order valence-corrected chi connectivity index (χ4v) is 1.28. The molecule has 0 saturated heterocycles. The number of nitrogens with zero attached hydrogens (tertiary/aromatic N) is 3. The summed E-state index contributed by atoms with van der Waals surface area (Å²) in [7, 11) is 0. The molecule has 2 aromatic heterocycles. The van der Waals surface area contributed by atoms with E-state index in [1.807, 2.05) is 26.0 Å². The Morgan fingerprint density at radius 3 is 2.89 bits per heavy atom. The van der Waals surface area contributed by atoms with E-state index in [-0.39, 0.29) is 18.4 Å². The van der Waals surface area contributed by atoms with E-state index >= 15 is 0 Å². The topological polar surface area (TPSA) is 80.9 Å². The second kappa shape index (κ2) is 5.39. The number of hydrogen-bond acceptors (Lipinski definition) is 5. The maximum absolute atomic E-state index is 11.4. The summed E-state index contributed by atoms with van der Waals surface area (Å²) < 4.78 is 5.40. The number of pyridine rings is 1. The van der Waals surface area contributed by atoms with Crippen LogP contribution in [-0.2, 0) is 11.3 Å². The van der Waals surface area contributed by atoms with Crippen LogP contribution in [0.1, 0.15) is 19.7 Å². The number of aromatic nitrogens is 3. The van der Waals surface area contributed by atoms with Crippen molar-refractivity contribution in [1.29, 1.82) is 0 Å². The normalized spacial score (nSPS) is 10.6. The second-order valence-electron chi connectivity index (χ2n) is 4.09. The van der Waals surface area contributed by atoms with Crippen LogP contribution in [0.5, 0.6) is 0 Å². The van der Waals surface area contributed by atoms with Crippen LogP contribution in [0.4, 0.5) is 0 Å². The Labute approximate surface area is 104 Å². The fourth-order valence-electron chi connectivity index (χ4n) is 1.28. The van der Waals surface area contributed by atoms with Crippen molar-refractivity contribution in [1.82, 2.24) is 20.5 Å². The summed E-state index contributed by atoms with van der Waals surface area (Å²) in [5.74, 6) is 0.602. The van der Waals surface area contributed by atoms with Gasteiger partial charge >= 0.3 is 0 Å². The molecule has 0 aliphatic rings. The minimum Gasteiger partial charge on any atom is -0.417 e. The molecule has 0 aromatic carbocycles. The lowest BCUT2D eigenvalue weighted by molar-refractivity contribution is -0.124. The van der Waals surface area contributed by atoms with E-state index in [4.69, 9.17) is 4.42 Å². The Hall–Kier alpha value is -2.24. The summed E-state index contributed by atoms with van der Waals surface area (Å²) >= 11 is 0. The SMILES string of the molecule is CC(C)C(=O)NCc1nnc(-c2ccccn2)o1. The van der Waals surface area contributed by atoms with E-state index < -0.39 is 0 Å². The first-order chi connectivity index (χ1) is 8.66. The molecule has 0 radical (unpaired) electrons. The summed E-state index contributed by atoms with van der Waals surface area (Å²) in [4.78, 5) is 15.5. The molecule has 2 rings (SSSR count). The molecule has 0 aliphatic heterocycles. The first kappa shape index (κ1) is 12.2. The van der Waals surface area contributed by atoms with Crippen LogP contribution in [0.25, 0.3) is 11.6 Å². The third kappa shape index (κ3) is 2.91. The Kier molecular flexibility index (Phi) is 3.66. The van der Waals surface area contributed by atoms with Crippen LogP contribution >= 0.6 is 0 Å². The molecule has 18 heavy (non-hydrogen) atoms. The lowest BCUT2D eigenvalue weighted by Crippen LogP contribution is -2.27. The van der Waals surface area contributed by atoms with E-state index in [0.29, 0.717) is 17.5 Å². The summed E-state index contributed by atoms with van der Waals surface area (Å²) in [5, 5.41) is 10.4. The third-order valence-electron chi connectivity index (χ3n) is 2.29. The monoisotopic (exact) mass is 246 g/mol. The minimum atomic E-state index is -0.0665. The van der Waals surface area contributed by atoms with E-state index in [1.54, 1.807) is 12.3 Å². The Bertz CT molecular complexity index is 522. The largest absolute Gasteiger partial charge is 0.417 e. The predicted octanol–water partition coefficient (Wildman–Crippen LogP) is 1.40. The van der Waals surface area contributed by atoms with Crippen molar-refractivity contribution in [2.45, 2.75) is 20.4 Å². The molecular formula is C12H14N4O2. The molecule has 0 aliphatic carbocycles. The van der Waals surface area contributed by atoms with Crippen LogP contribution in [0, 0.1) is 5.92 Å². The van der Waals surface area contributed by atoms with Crippen molar-refractivity contribution >= 4 is 5.91 Å². The van der Waals surface area contributed by atoms with Gasteiger partial charge in [-0.1, -0.05) is 19.9 Å². The molecule has 6 nitrogen and oxygen atoms in total. The number of carbonyl (C=O) groups is 1. The zero-order valence-electron chi connectivity index (χ0n) is 10.3. The second-order valence-corrected chi connectivity index (χ2v) is 4.09. The zero-order chi connectivity index (χ0) is 13.0. The van der Waals surface area contributed by atoms with Gasteiger partial charge in [0.25, 0.3) is 5.89 Å². The molecule has 94 valence electrons. The molecule has 0 saturated carbocycles. The molecule has 2 heterocycles. The maximum atomic E-state index is 11.4. The highest BCUT2D eigenvalue weighted by atomic mass is 16.4.